The molecule has 6 nitrogen and oxygen atoms in total. The third-order valence-electron chi connectivity index (χ3n) is 4.47. The van der Waals surface area contributed by atoms with Gasteiger partial charge in [-0.05, 0) is 51.4 Å². The molecule has 7 heteroatoms. The highest BCUT2D eigenvalue weighted by atomic mass is 127. The lowest BCUT2D eigenvalue weighted by atomic mass is 10.1. The molecule has 0 aliphatic carbocycles. The van der Waals surface area contributed by atoms with E-state index >= 15 is 0 Å². The monoisotopic (exact) mass is 531 g/mol. The molecule has 3 aromatic carbocycles. The Hall–Kier alpha value is -3.07. The molecule has 0 aliphatic heterocycles. The third kappa shape index (κ3) is 7.29. The van der Waals surface area contributed by atoms with E-state index in [1.165, 1.54) is 0 Å². The molecule has 0 saturated heterocycles. The van der Waals surface area contributed by atoms with Crippen LogP contribution in [0.4, 0.5) is 4.79 Å². The van der Waals surface area contributed by atoms with E-state index in [0.29, 0.717) is 3.57 Å². The second-order valence-electron chi connectivity index (χ2n) is 6.84. The number of hydrogen-bond donors (Lipinski definition) is 2. The highest BCUT2D eigenvalue weighted by Crippen LogP contribution is 2.21. The molecule has 2 N–H and O–H groups in total. The summed E-state index contributed by atoms with van der Waals surface area (Å²) in [6, 6.07) is 22.6. The number of rotatable bonds is 8. The zero-order valence-electron chi connectivity index (χ0n) is 16.7. The number of nitrogens with one attached hydrogen (secondary N) is 1. The molecule has 0 heterocycles. The van der Waals surface area contributed by atoms with Crippen molar-refractivity contribution < 1.29 is 24.2 Å². The highest BCUT2D eigenvalue weighted by molar-refractivity contribution is 14.1. The molecule has 0 aliphatic rings. The molecular weight excluding hydrogens is 509 g/mol. The van der Waals surface area contributed by atoms with Crippen molar-refractivity contribution in [3.63, 3.8) is 0 Å². The largest absolute Gasteiger partial charge is 0.507 e. The van der Waals surface area contributed by atoms with Crippen LogP contribution >= 0.6 is 22.6 Å². The molecule has 1 atom stereocenters. The van der Waals surface area contributed by atoms with Crippen molar-refractivity contribution in [1.29, 1.82) is 0 Å². The number of carbonyl (C=O) groups excluding carboxylic acids is 2. The Bertz CT molecular complexity index is 1010. The molecule has 0 bridgehead atoms. The summed E-state index contributed by atoms with van der Waals surface area (Å²) >= 11 is 2.01. The summed E-state index contributed by atoms with van der Waals surface area (Å²) in [6.07, 6.45) is -0.511. The fraction of sp³-hybridized carbons (Fsp3) is 0.167. The van der Waals surface area contributed by atoms with E-state index in [2.05, 4.69) is 5.32 Å². The Morgan fingerprint density at radius 3 is 2.00 bits per heavy atom. The lowest BCUT2D eigenvalue weighted by Gasteiger charge is -2.18. The van der Waals surface area contributed by atoms with E-state index in [-0.39, 0.29) is 25.4 Å². The molecule has 0 radical (unpaired) electrons. The number of esters is 1. The van der Waals surface area contributed by atoms with Crippen molar-refractivity contribution in [2.75, 3.05) is 0 Å². The van der Waals surface area contributed by atoms with Crippen molar-refractivity contribution >= 4 is 34.7 Å². The van der Waals surface area contributed by atoms with Crippen LogP contribution in [0.3, 0.4) is 0 Å². The predicted molar refractivity (Wildman–Crippen MR) is 124 cm³/mol. The summed E-state index contributed by atoms with van der Waals surface area (Å²) in [7, 11) is 0. The van der Waals surface area contributed by atoms with Crippen LogP contribution in [0.25, 0.3) is 0 Å². The van der Waals surface area contributed by atoms with Gasteiger partial charge >= 0.3 is 12.1 Å². The van der Waals surface area contributed by atoms with Crippen molar-refractivity contribution in [1.82, 2.24) is 5.32 Å². The fourth-order valence-corrected chi connectivity index (χ4v) is 3.42. The number of benzene rings is 3. The van der Waals surface area contributed by atoms with Gasteiger partial charge in [0.1, 0.15) is 25.0 Å². The maximum absolute atomic E-state index is 12.7. The summed E-state index contributed by atoms with van der Waals surface area (Å²) in [5.41, 5.74) is 2.46. The Morgan fingerprint density at radius 2 is 1.42 bits per heavy atom. The van der Waals surface area contributed by atoms with Gasteiger partial charge in [-0.2, -0.15) is 0 Å². The number of halogens is 1. The number of ether oxygens (including phenoxy) is 2. The van der Waals surface area contributed by atoms with Gasteiger partial charge in [0.15, 0.2) is 0 Å². The molecule has 0 fully saturated rings. The van der Waals surface area contributed by atoms with Crippen LogP contribution in [0.15, 0.2) is 78.9 Å². The zero-order chi connectivity index (χ0) is 22.1. The Kier molecular flexibility index (Phi) is 8.28. The molecule has 31 heavy (non-hydrogen) atoms. The maximum Gasteiger partial charge on any atom is 0.408 e. The van der Waals surface area contributed by atoms with Crippen molar-refractivity contribution in [3.05, 3.63) is 99.1 Å². The Balaban J connectivity index is 1.65. The topological polar surface area (TPSA) is 84.9 Å². The number of phenols is 1. The number of aromatic hydroxyl groups is 1. The Labute approximate surface area is 194 Å². The first-order chi connectivity index (χ1) is 15.0. The first-order valence-electron chi connectivity index (χ1n) is 9.66. The molecule has 1 unspecified atom stereocenters. The summed E-state index contributed by atoms with van der Waals surface area (Å²) in [6.45, 7) is 0.194. The summed E-state index contributed by atoms with van der Waals surface area (Å²) in [5, 5.41) is 12.3. The van der Waals surface area contributed by atoms with E-state index < -0.39 is 18.1 Å². The van der Waals surface area contributed by atoms with Crippen molar-refractivity contribution in [2.45, 2.75) is 25.7 Å². The van der Waals surface area contributed by atoms with Crippen LogP contribution in [0.2, 0.25) is 0 Å². The van der Waals surface area contributed by atoms with Crippen molar-refractivity contribution in [2.24, 2.45) is 0 Å². The van der Waals surface area contributed by atoms with Crippen LogP contribution in [0.1, 0.15) is 16.7 Å². The predicted octanol–water partition coefficient (Wildman–Crippen LogP) is 4.58. The van der Waals surface area contributed by atoms with E-state index in [9.17, 15) is 14.7 Å². The quantitative estimate of drug-likeness (QED) is 0.329. The average molecular weight is 531 g/mol. The van der Waals surface area contributed by atoms with E-state index in [1.807, 2.05) is 83.3 Å². The summed E-state index contributed by atoms with van der Waals surface area (Å²) < 4.78 is 11.3. The standard InChI is InChI=1S/C24H22INO5/c25-20-13-19(11-12-22(20)27)14-21(23(28)30-15-17-7-3-1-4-8-17)26-24(29)31-16-18-9-5-2-6-10-18/h1-13,21,27H,14-16H2,(H,26,29). The van der Waals surface area contributed by atoms with Crippen LogP contribution in [-0.4, -0.2) is 23.2 Å². The lowest BCUT2D eigenvalue weighted by molar-refractivity contribution is -0.147. The minimum absolute atomic E-state index is 0.0928. The minimum Gasteiger partial charge on any atom is -0.507 e. The number of hydrogen-bond acceptors (Lipinski definition) is 5. The molecule has 160 valence electrons. The van der Waals surface area contributed by atoms with Gasteiger partial charge in [-0.3, -0.25) is 0 Å². The molecule has 0 saturated carbocycles. The van der Waals surface area contributed by atoms with Crippen molar-refractivity contribution in [3.8, 4) is 5.75 Å². The summed E-state index contributed by atoms with van der Waals surface area (Å²) in [5.74, 6) is -0.411. The molecule has 0 spiro atoms. The van der Waals surface area contributed by atoms with Gasteiger partial charge in [-0.25, -0.2) is 9.59 Å². The van der Waals surface area contributed by atoms with Gasteiger partial charge < -0.3 is 19.9 Å². The first kappa shape index (κ1) is 22.6. The van der Waals surface area contributed by atoms with Gasteiger partial charge in [0, 0.05) is 6.42 Å². The maximum atomic E-state index is 12.7. The van der Waals surface area contributed by atoms with Gasteiger partial charge in [0.05, 0.1) is 3.57 Å². The Morgan fingerprint density at radius 1 is 0.839 bits per heavy atom. The van der Waals surface area contributed by atoms with Crippen LogP contribution in [-0.2, 0) is 33.9 Å². The van der Waals surface area contributed by atoms with Crippen LogP contribution in [0.5, 0.6) is 5.75 Å². The molecule has 3 rings (SSSR count). The van der Waals surface area contributed by atoms with Gasteiger partial charge in [-0.1, -0.05) is 66.7 Å². The fourth-order valence-electron chi connectivity index (χ4n) is 2.84. The normalized spacial score (nSPS) is 11.4. The molecular formula is C24H22INO5. The second kappa shape index (κ2) is 11.4. The van der Waals surface area contributed by atoms with Gasteiger partial charge in [-0.15, -0.1) is 0 Å². The zero-order valence-corrected chi connectivity index (χ0v) is 18.8. The van der Waals surface area contributed by atoms with E-state index in [0.717, 1.165) is 16.7 Å². The van der Waals surface area contributed by atoms with Gasteiger partial charge in [0.2, 0.25) is 0 Å². The SMILES string of the molecule is O=C(NC(Cc1ccc(O)c(I)c1)C(=O)OCc1ccccc1)OCc1ccccc1. The molecule has 1 amide bonds. The second-order valence-corrected chi connectivity index (χ2v) is 8.00. The number of alkyl carbamates (subject to hydrolysis) is 1. The summed E-state index contributed by atoms with van der Waals surface area (Å²) in [4.78, 5) is 25.1. The smallest absolute Gasteiger partial charge is 0.408 e. The first-order valence-corrected chi connectivity index (χ1v) is 10.7. The van der Waals surface area contributed by atoms with E-state index in [4.69, 9.17) is 9.47 Å². The van der Waals surface area contributed by atoms with Crippen LogP contribution in [0, 0.1) is 3.57 Å². The van der Waals surface area contributed by atoms with Gasteiger partial charge in [0.25, 0.3) is 0 Å². The van der Waals surface area contributed by atoms with E-state index in [1.54, 1.807) is 18.2 Å². The average Bonchev–Trinajstić information content (AvgIpc) is 2.79. The number of phenolic OH excluding ortho intramolecular Hbond substituents is 1. The number of carbonyl (C=O) groups is 2. The minimum atomic E-state index is -0.938. The molecule has 0 aromatic heterocycles. The lowest BCUT2D eigenvalue weighted by Crippen LogP contribution is -2.43. The third-order valence-corrected chi connectivity index (χ3v) is 5.33. The number of amides is 1. The molecule has 3 aromatic rings. The van der Waals surface area contributed by atoms with Crippen LogP contribution < -0.4 is 5.32 Å². The highest BCUT2D eigenvalue weighted by Gasteiger charge is 2.24.